The second-order valence-electron chi connectivity index (χ2n) is 11.6. The Morgan fingerprint density at radius 2 is 0.800 bits per heavy atom. The molecule has 40 heavy (non-hydrogen) atoms. The van der Waals surface area contributed by atoms with E-state index in [1.54, 1.807) is 22.7 Å². The molecule has 7 heteroatoms. The van der Waals surface area contributed by atoms with Crippen molar-refractivity contribution in [1.82, 2.24) is 15.0 Å². The summed E-state index contributed by atoms with van der Waals surface area (Å²) in [5, 5.41) is 0. The van der Waals surface area contributed by atoms with Gasteiger partial charge in [0.1, 0.15) is 0 Å². The molecule has 0 spiro atoms. The predicted octanol–water partition coefficient (Wildman–Crippen LogP) is 10.7. The number of thioether (sulfide) groups is 2. The van der Waals surface area contributed by atoms with Crippen molar-refractivity contribution < 1.29 is 0 Å². The summed E-state index contributed by atoms with van der Waals surface area (Å²) in [6, 6.07) is 27.6. The van der Waals surface area contributed by atoms with Crippen LogP contribution in [0.1, 0.15) is 52.9 Å². The van der Waals surface area contributed by atoms with Crippen molar-refractivity contribution in [2.24, 2.45) is 0 Å². The van der Waals surface area contributed by atoms with E-state index in [2.05, 4.69) is 120 Å². The van der Waals surface area contributed by atoms with E-state index < -0.39 is 0 Å². The van der Waals surface area contributed by atoms with Crippen LogP contribution in [0.5, 0.6) is 0 Å². The first kappa shape index (κ1) is 29.1. The minimum absolute atomic E-state index is 0.222. The maximum atomic E-state index is 5.05. The molecule has 5 heterocycles. The maximum Gasteiger partial charge on any atom is 0.0809 e. The van der Waals surface area contributed by atoms with E-state index in [0.29, 0.717) is 0 Å². The minimum atomic E-state index is 0.222. The lowest BCUT2D eigenvalue weighted by Gasteiger charge is -2.17. The van der Waals surface area contributed by atoms with Gasteiger partial charge < -0.3 is 0 Å². The zero-order chi connectivity index (χ0) is 28.3. The lowest BCUT2D eigenvalue weighted by atomic mass is 10.2. The fourth-order valence-corrected chi connectivity index (χ4v) is 7.29. The van der Waals surface area contributed by atoms with E-state index in [1.165, 1.54) is 9.75 Å². The summed E-state index contributed by atoms with van der Waals surface area (Å²) in [7, 11) is 0. The van der Waals surface area contributed by atoms with Crippen molar-refractivity contribution in [1.29, 1.82) is 0 Å². The van der Waals surface area contributed by atoms with Crippen LogP contribution in [-0.2, 0) is 11.5 Å². The van der Waals surface area contributed by atoms with E-state index in [-0.39, 0.29) is 9.49 Å². The van der Waals surface area contributed by atoms with Crippen LogP contribution in [-0.4, -0.2) is 24.4 Å². The van der Waals surface area contributed by atoms with Crippen LogP contribution in [0.2, 0.25) is 0 Å². The van der Waals surface area contributed by atoms with Gasteiger partial charge in [0, 0.05) is 21.0 Å². The lowest BCUT2D eigenvalue weighted by molar-refractivity contribution is 0.801. The van der Waals surface area contributed by atoms with Crippen LogP contribution in [0, 0.1) is 0 Å². The van der Waals surface area contributed by atoms with E-state index in [9.17, 15) is 0 Å². The minimum Gasteiger partial charge on any atom is -0.251 e. The molecule has 0 aliphatic heterocycles. The van der Waals surface area contributed by atoms with Crippen molar-refractivity contribution >= 4 is 46.2 Å². The second-order valence-corrected chi connectivity index (χ2v) is 17.3. The van der Waals surface area contributed by atoms with Crippen molar-refractivity contribution in [2.45, 2.75) is 62.5 Å². The highest BCUT2D eigenvalue weighted by atomic mass is 32.2. The molecule has 0 unspecified atom stereocenters. The monoisotopic (exact) mass is 601 g/mol. The van der Waals surface area contributed by atoms with Crippen molar-refractivity contribution in [2.75, 3.05) is 0 Å². The van der Waals surface area contributed by atoms with Gasteiger partial charge in [-0.15, -0.1) is 46.2 Å². The van der Waals surface area contributed by atoms with E-state index >= 15 is 0 Å². The predicted molar refractivity (Wildman–Crippen MR) is 179 cm³/mol. The molecule has 0 radical (unpaired) electrons. The van der Waals surface area contributed by atoms with E-state index in [0.717, 1.165) is 55.4 Å². The van der Waals surface area contributed by atoms with Crippen LogP contribution >= 0.6 is 46.2 Å². The molecule has 0 aliphatic carbocycles. The molecular formula is C33H35N3S4. The zero-order valence-corrected chi connectivity index (χ0v) is 27.2. The highest BCUT2D eigenvalue weighted by molar-refractivity contribution is 8.00. The third-order valence-electron chi connectivity index (χ3n) is 5.89. The number of aromatic nitrogens is 3. The molecular weight excluding hydrogens is 567 g/mol. The highest BCUT2D eigenvalue weighted by Gasteiger charge is 2.15. The number of thiophene rings is 2. The summed E-state index contributed by atoms with van der Waals surface area (Å²) in [4.78, 5) is 19.6. The van der Waals surface area contributed by atoms with Gasteiger partial charge in [0.15, 0.2) is 0 Å². The molecule has 0 bridgehead atoms. The first-order chi connectivity index (χ1) is 19.0. The van der Waals surface area contributed by atoms with E-state index in [4.69, 9.17) is 15.0 Å². The van der Waals surface area contributed by atoms with Gasteiger partial charge in [-0.3, -0.25) is 9.97 Å². The van der Waals surface area contributed by atoms with Gasteiger partial charge in [-0.1, -0.05) is 59.7 Å². The second kappa shape index (κ2) is 12.2. The summed E-state index contributed by atoms with van der Waals surface area (Å²) in [6.45, 7) is 13.5. The number of rotatable bonds is 8. The van der Waals surface area contributed by atoms with Crippen LogP contribution in [0.3, 0.4) is 0 Å². The van der Waals surface area contributed by atoms with Gasteiger partial charge in [0.05, 0.1) is 53.7 Å². The normalized spacial score (nSPS) is 12.2. The van der Waals surface area contributed by atoms with Gasteiger partial charge in [-0.2, -0.15) is 0 Å². The van der Waals surface area contributed by atoms with Crippen molar-refractivity contribution in [3.63, 3.8) is 0 Å². The summed E-state index contributed by atoms with van der Waals surface area (Å²) in [6.07, 6.45) is 0. The van der Waals surface area contributed by atoms with Gasteiger partial charge >= 0.3 is 0 Å². The first-order valence-corrected chi connectivity index (χ1v) is 17.0. The topological polar surface area (TPSA) is 38.7 Å². The number of nitrogens with zero attached hydrogens (tertiary/aromatic N) is 3. The van der Waals surface area contributed by atoms with Gasteiger partial charge in [0.25, 0.3) is 0 Å². The molecule has 3 nitrogen and oxygen atoms in total. The molecule has 0 N–H and O–H groups in total. The summed E-state index contributed by atoms with van der Waals surface area (Å²) < 4.78 is 0.444. The largest absolute Gasteiger partial charge is 0.251 e. The molecule has 0 fully saturated rings. The fourth-order valence-electron chi connectivity index (χ4n) is 3.91. The third kappa shape index (κ3) is 7.84. The maximum absolute atomic E-state index is 5.05. The summed E-state index contributed by atoms with van der Waals surface area (Å²) in [5.41, 5.74) is 6.27. The Bertz CT molecular complexity index is 1470. The highest BCUT2D eigenvalue weighted by Crippen LogP contribution is 2.37. The molecule has 0 atom stereocenters. The molecule has 0 aromatic carbocycles. The average Bonchev–Trinajstić information content (AvgIpc) is 3.62. The van der Waals surface area contributed by atoms with Gasteiger partial charge in [-0.25, -0.2) is 4.98 Å². The molecule has 5 aromatic rings. The van der Waals surface area contributed by atoms with Gasteiger partial charge in [0.2, 0.25) is 0 Å². The Morgan fingerprint density at radius 1 is 0.475 bits per heavy atom. The van der Waals surface area contributed by atoms with Gasteiger partial charge in [-0.05, 0) is 60.7 Å². The SMILES string of the molecule is CC(C)(C)SCc1cccc(-c2ccc(-c3cccc(-c4ccc(-c5cccc(CSC(C)(C)C)n5)s4)n3)s2)n1. The van der Waals surface area contributed by atoms with Crippen molar-refractivity contribution in [3.8, 4) is 42.3 Å². The zero-order valence-electron chi connectivity index (χ0n) is 23.9. The molecule has 0 amide bonds. The summed E-state index contributed by atoms with van der Waals surface area (Å²) >= 11 is 7.34. The Morgan fingerprint density at radius 3 is 1.15 bits per heavy atom. The molecule has 5 rings (SSSR count). The Labute approximate surface area is 254 Å². The molecule has 0 aliphatic rings. The Balaban J connectivity index is 1.33. The molecule has 0 saturated heterocycles. The lowest BCUT2D eigenvalue weighted by Crippen LogP contribution is -2.07. The first-order valence-electron chi connectivity index (χ1n) is 13.4. The molecule has 5 aromatic heterocycles. The van der Waals surface area contributed by atoms with Crippen LogP contribution in [0.4, 0.5) is 0 Å². The Hall–Kier alpha value is -2.45. The molecule has 206 valence electrons. The quantitative estimate of drug-likeness (QED) is 0.177. The molecule has 0 saturated carbocycles. The number of hydrogen-bond acceptors (Lipinski definition) is 7. The van der Waals surface area contributed by atoms with Crippen LogP contribution in [0.15, 0.2) is 78.9 Å². The average molecular weight is 602 g/mol. The number of hydrogen-bond donors (Lipinski definition) is 0. The number of pyridine rings is 3. The standard InChI is InChI=1S/C33H35N3S4/c1-32(2,3)37-20-22-10-7-12-24(34-22)28-16-18-30(39-28)26-14-9-15-27(36-26)31-19-17-29(40-31)25-13-8-11-23(35-25)21-38-33(4,5)6/h7-19H,20-21H2,1-6H3. The Kier molecular flexibility index (Phi) is 8.86. The van der Waals surface area contributed by atoms with Crippen molar-refractivity contribution in [3.05, 3.63) is 90.3 Å². The summed E-state index contributed by atoms with van der Waals surface area (Å²) in [5.74, 6) is 1.83. The third-order valence-corrected chi connectivity index (χ3v) is 10.8. The van der Waals surface area contributed by atoms with Crippen LogP contribution in [0.25, 0.3) is 42.3 Å². The fraction of sp³-hybridized carbons (Fsp3) is 0.303. The van der Waals surface area contributed by atoms with Crippen LogP contribution < -0.4 is 0 Å². The smallest absolute Gasteiger partial charge is 0.0809 e. The van der Waals surface area contributed by atoms with E-state index in [1.807, 2.05) is 23.5 Å².